The Morgan fingerprint density at radius 2 is 1.78 bits per heavy atom. The van der Waals surface area contributed by atoms with Crippen molar-refractivity contribution in [2.45, 2.75) is 37.5 Å². The second kappa shape index (κ2) is 10.2. The van der Waals surface area contributed by atoms with Crippen molar-refractivity contribution in [3.05, 3.63) is 84.0 Å². The molecule has 4 atom stereocenters. The lowest BCUT2D eigenvalue weighted by Crippen LogP contribution is -2.14. The van der Waals surface area contributed by atoms with E-state index in [9.17, 15) is 10.2 Å². The Hall–Kier alpha value is -2.77. The van der Waals surface area contributed by atoms with E-state index in [1.165, 1.54) is 5.56 Å². The topological polar surface area (TPSA) is 87.7 Å². The number of ether oxygens (including phenoxy) is 1. The Kier molecular flexibility index (Phi) is 7.17. The number of hydrogen-bond acceptors (Lipinski definition) is 5. The van der Waals surface area contributed by atoms with Crippen molar-refractivity contribution in [3.63, 3.8) is 0 Å². The van der Waals surface area contributed by atoms with Crippen molar-refractivity contribution < 1.29 is 20.1 Å². The average Bonchev–Trinajstić information content (AvgIpc) is 3.43. The summed E-state index contributed by atoms with van der Waals surface area (Å²) >= 11 is 0. The van der Waals surface area contributed by atoms with Gasteiger partial charge in [0.25, 0.3) is 0 Å². The third-order valence-electron chi connectivity index (χ3n) is 5.87. The van der Waals surface area contributed by atoms with Crippen LogP contribution in [0.4, 0.5) is 0 Å². The Morgan fingerprint density at radius 1 is 1.09 bits per heavy atom. The van der Waals surface area contributed by atoms with Crippen LogP contribution >= 0.6 is 0 Å². The number of aliphatic hydroxyl groups is 3. The van der Waals surface area contributed by atoms with Crippen LogP contribution in [0.3, 0.4) is 0 Å². The van der Waals surface area contributed by atoms with Gasteiger partial charge < -0.3 is 24.6 Å². The number of aliphatic hydroxyl groups excluding tert-OH is 3. The molecule has 1 fully saturated rings. The fraction of sp³-hybridized carbons (Fsp3) is 0.346. The van der Waals surface area contributed by atoms with E-state index < -0.39 is 6.10 Å². The number of hydrogen-bond donors (Lipinski definition) is 3. The van der Waals surface area contributed by atoms with Gasteiger partial charge in [-0.3, -0.25) is 0 Å². The lowest BCUT2D eigenvalue weighted by molar-refractivity contribution is 0.0778. The molecule has 0 aliphatic heterocycles. The first-order valence-electron chi connectivity index (χ1n) is 11.0. The standard InChI is InChI=1S/C26H30N2O4/c1-18(31)26-27-12-13-28(26)23(17-30)11-4-19-2-5-20(6-3-19)21-7-9-22(10-8-21)24-16-25(24)32-15-14-29/h2-13,18,23-25,29-31H,14-17H2,1H3/t18-,23?,24-,25+/m0/s1. The largest absolute Gasteiger partial charge is 0.394 e. The van der Waals surface area contributed by atoms with Crippen molar-refractivity contribution in [1.29, 1.82) is 0 Å². The van der Waals surface area contributed by atoms with Crippen molar-refractivity contribution in [2.24, 2.45) is 0 Å². The number of benzene rings is 2. The molecule has 168 valence electrons. The van der Waals surface area contributed by atoms with Gasteiger partial charge in [-0.05, 0) is 35.6 Å². The summed E-state index contributed by atoms with van der Waals surface area (Å²) in [6.45, 7) is 2.06. The molecule has 32 heavy (non-hydrogen) atoms. The summed E-state index contributed by atoms with van der Waals surface area (Å²) in [4.78, 5) is 4.17. The SMILES string of the molecule is C[C@H](O)c1nccn1C(C=Cc1ccc(-c2ccc([C@@H]3C[C@H]3OCCO)cc2)cc1)CO. The molecule has 3 aromatic rings. The van der Waals surface area contributed by atoms with Gasteiger partial charge in [0.15, 0.2) is 0 Å². The summed E-state index contributed by atoms with van der Waals surface area (Å²) in [5, 5.41) is 28.5. The zero-order valence-corrected chi connectivity index (χ0v) is 18.2. The molecule has 3 N–H and O–H groups in total. The molecule has 0 radical (unpaired) electrons. The molecule has 0 saturated heterocycles. The Labute approximate surface area is 188 Å². The van der Waals surface area contributed by atoms with Crippen molar-refractivity contribution in [3.8, 4) is 11.1 Å². The third kappa shape index (κ3) is 5.16. The molecule has 1 saturated carbocycles. The minimum Gasteiger partial charge on any atom is -0.394 e. The monoisotopic (exact) mass is 434 g/mol. The fourth-order valence-corrected chi connectivity index (χ4v) is 4.01. The summed E-state index contributed by atoms with van der Waals surface area (Å²) < 4.78 is 7.39. The maximum absolute atomic E-state index is 9.86. The van der Waals surface area contributed by atoms with Crippen LogP contribution in [0.2, 0.25) is 0 Å². The van der Waals surface area contributed by atoms with Crippen molar-refractivity contribution in [2.75, 3.05) is 19.8 Å². The van der Waals surface area contributed by atoms with Crippen LogP contribution in [-0.4, -0.2) is 50.8 Å². The molecule has 1 aliphatic carbocycles. The lowest BCUT2D eigenvalue weighted by Gasteiger charge is -2.16. The Balaban J connectivity index is 1.40. The van der Waals surface area contributed by atoms with E-state index in [2.05, 4.69) is 53.5 Å². The Morgan fingerprint density at radius 3 is 2.41 bits per heavy atom. The normalized spacial score (nSPS) is 19.9. The van der Waals surface area contributed by atoms with E-state index in [1.54, 1.807) is 23.9 Å². The van der Waals surface area contributed by atoms with Gasteiger partial charge in [0.05, 0.1) is 32.0 Å². The molecule has 4 rings (SSSR count). The fourth-order valence-electron chi connectivity index (χ4n) is 4.01. The van der Waals surface area contributed by atoms with Gasteiger partial charge in [-0.1, -0.05) is 60.7 Å². The van der Waals surface area contributed by atoms with E-state index in [0.717, 1.165) is 23.1 Å². The maximum Gasteiger partial charge on any atom is 0.137 e. The molecular formula is C26H30N2O4. The third-order valence-corrected chi connectivity index (χ3v) is 5.87. The molecule has 1 heterocycles. The van der Waals surface area contributed by atoms with E-state index in [1.807, 2.05) is 12.2 Å². The van der Waals surface area contributed by atoms with E-state index in [4.69, 9.17) is 9.84 Å². The minimum atomic E-state index is -0.697. The van der Waals surface area contributed by atoms with Gasteiger partial charge in [0, 0.05) is 18.3 Å². The highest BCUT2D eigenvalue weighted by Crippen LogP contribution is 2.43. The number of aromatic nitrogens is 2. The Bertz CT molecular complexity index is 1020. The zero-order chi connectivity index (χ0) is 22.5. The molecule has 6 heteroatoms. The molecule has 0 amide bonds. The average molecular weight is 435 g/mol. The van der Waals surface area contributed by atoms with Crippen molar-refractivity contribution >= 4 is 6.08 Å². The van der Waals surface area contributed by atoms with Gasteiger partial charge in [-0.2, -0.15) is 0 Å². The smallest absolute Gasteiger partial charge is 0.137 e. The van der Waals surface area contributed by atoms with Crippen LogP contribution in [0, 0.1) is 0 Å². The van der Waals surface area contributed by atoms with Crippen LogP contribution in [0.25, 0.3) is 17.2 Å². The van der Waals surface area contributed by atoms with Crippen LogP contribution in [0.15, 0.2) is 67.0 Å². The summed E-state index contributed by atoms with van der Waals surface area (Å²) in [5.74, 6) is 0.970. The van der Waals surface area contributed by atoms with Crippen LogP contribution in [0.1, 0.15) is 48.4 Å². The summed E-state index contributed by atoms with van der Waals surface area (Å²) in [7, 11) is 0. The first-order valence-corrected chi connectivity index (χ1v) is 11.0. The van der Waals surface area contributed by atoms with E-state index >= 15 is 0 Å². The van der Waals surface area contributed by atoms with Gasteiger partial charge >= 0.3 is 0 Å². The van der Waals surface area contributed by atoms with Gasteiger partial charge in [-0.25, -0.2) is 4.98 Å². The lowest BCUT2D eigenvalue weighted by atomic mass is 10.0. The highest BCUT2D eigenvalue weighted by Gasteiger charge is 2.39. The van der Waals surface area contributed by atoms with E-state index in [-0.39, 0.29) is 25.4 Å². The quantitative estimate of drug-likeness (QED) is 0.453. The number of nitrogens with zero attached hydrogens (tertiary/aromatic N) is 2. The van der Waals surface area contributed by atoms with Gasteiger partial charge in [-0.15, -0.1) is 0 Å². The first kappa shape index (κ1) is 22.4. The molecule has 0 spiro atoms. The first-order chi connectivity index (χ1) is 15.6. The molecule has 0 bridgehead atoms. The predicted molar refractivity (Wildman–Crippen MR) is 124 cm³/mol. The maximum atomic E-state index is 9.86. The summed E-state index contributed by atoms with van der Waals surface area (Å²) in [6, 6.07) is 16.6. The van der Waals surface area contributed by atoms with Gasteiger partial charge in [0.2, 0.25) is 0 Å². The second-order valence-electron chi connectivity index (χ2n) is 8.20. The van der Waals surface area contributed by atoms with E-state index in [0.29, 0.717) is 18.3 Å². The van der Waals surface area contributed by atoms with Crippen molar-refractivity contribution in [1.82, 2.24) is 9.55 Å². The highest BCUT2D eigenvalue weighted by molar-refractivity contribution is 5.66. The molecule has 6 nitrogen and oxygen atoms in total. The second-order valence-corrected chi connectivity index (χ2v) is 8.20. The molecule has 1 unspecified atom stereocenters. The minimum absolute atomic E-state index is 0.0699. The highest BCUT2D eigenvalue weighted by atomic mass is 16.5. The summed E-state index contributed by atoms with van der Waals surface area (Å²) in [5.41, 5.74) is 4.61. The predicted octanol–water partition coefficient (Wildman–Crippen LogP) is 3.72. The molecule has 1 aromatic heterocycles. The number of imidazole rings is 1. The molecule has 2 aromatic carbocycles. The van der Waals surface area contributed by atoms with Crippen LogP contribution < -0.4 is 0 Å². The zero-order valence-electron chi connectivity index (χ0n) is 18.2. The molecular weight excluding hydrogens is 404 g/mol. The number of rotatable bonds is 10. The van der Waals surface area contributed by atoms with Crippen LogP contribution in [0.5, 0.6) is 0 Å². The van der Waals surface area contributed by atoms with Gasteiger partial charge in [0.1, 0.15) is 11.9 Å². The van der Waals surface area contributed by atoms with Crippen LogP contribution in [-0.2, 0) is 4.74 Å². The summed E-state index contributed by atoms with van der Waals surface area (Å²) in [6.07, 6.45) is 7.85. The molecule has 1 aliphatic rings.